The van der Waals surface area contributed by atoms with Gasteiger partial charge in [0.05, 0.1) is 12.7 Å². The van der Waals surface area contributed by atoms with Crippen LogP contribution in [0.15, 0.2) is 0 Å². The van der Waals surface area contributed by atoms with Gasteiger partial charge in [0, 0.05) is 0 Å². The number of carbonyl (C=O) groups is 1. The van der Waals surface area contributed by atoms with Crippen molar-refractivity contribution in [1.82, 2.24) is 0 Å². The van der Waals surface area contributed by atoms with E-state index in [4.69, 9.17) is 20.4 Å². The Labute approximate surface area is 97.4 Å². The van der Waals surface area contributed by atoms with Gasteiger partial charge in [-0.15, -0.1) is 0 Å². The van der Waals surface area contributed by atoms with E-state index in [1.54, 1.807) is 0 Å². The molecule has 8 heteroatoms. The van der Waals surface area contributed by atoms with Crippen LogP contribution in [0.2, 0.25) is 0 Å². The summed E-state index contributed by atoms with van der Waals surface area (Å²) in [6.45, 7) is 0.229. The number of hydrogen-bond acceptors (Lipinski definition) is 8. The number of aliphatic hydroxyl groups excluding tert-OH is 7. The molecular formula is C9H18O8. The number of ketones is 1. The zero-order valence-electron chi connectivity index (χ0n) is 9.21. The van der Waals surface area contributed by atoms with Crippen LogP contribution < -0.4 is 0 Å². The summed E-state index contributed by atoms with van der Waals surface area (Å²) in [5.74, 6) is -1.36. The first-order valence-corrected chi connectivity index (χ1v) is 4.97. The van der Waals surface area contributed by atoms with Crippen molar-refractivity contribution in [2.24, 2.45) is 0 Å². The fourth-order valence-corrected chi connectivity index (χ4v) is 1.09. The minimum atomic E-state index is -2.18. The Balaban J connectivity index is 4.59. The lowest BCUT2D eigenvalue weighted by atomic mass is 9.96. The molecule has 0 rings (SSSR count). The first-order chi connectivity index (χ1) is 7.73. The first-order valence-electron chi connectivity index (χ1n) is 4.97. The summed E-state index contributed by atoms with van der Waals surface area (Å²) in [6, 6.07) is 0. The van der Waals surface area contributed by atoms with Crippen molar-refractivity contribution in [2.45, 2.75) is 43.5 Å². The van der Waals surface area contributed by atoms with Crippen molar-refractivity contribution in [3.63, 3.8) is 0 Å². The number of aliphatic hydroxyl groups is 7. The molecule has 8 nitrogen and oxygen atoms in total. The molecule has 0 unspecified atom stereocenters. The standard InChI is InChI=1S/C9H18O8/c1-3(11)5(13)7(15)9(17)8(16)6(14)4(12)2-10/h3-8,10-16H,2H2,1H3/t3-,4+,5-,6-,7-,8-/m1/s1. The zero-order chi connectivity index (χ0) is 13.7. The van der Waals surface area contributed by atoms with E-state index in [1.165, 1.54) is 0 Å². The maximum absolute atomic E-state index is 11.3. The predicted octanol–water partition coefficient (Wildman–Crippen LogP) is -4.27. The predicted molar refractivity (Wildman–Crippen MR) is 53.8 cm³/mol. The molecule has 0 heterocycles. The van der Waals surface area contributed by atoms with Gasteiger partial charge in [0.1, 0.15) is 30.5 Å². The lowest BCUT2D eigenvalue weighted by Gasteiger charge is -2.25. The maximum atomic E-state index is 11.3. The van der Waals surface area contributed by atoms with Crippen molar-refractivity contribution in [1.29, 1.82) is 0 Å². The van der Waals surface area contributed by atoms with Crippen LogP contribution in [0.4, 0.5) is 0 Å². The van der Waals surface area contributed by atoms with E-state index in [-0.39, 0.29) is 0 Å². The lowest BCUT2D eigenvalue weighted by Crippen LogP contribution is -2.51. The minimum Gasteiger partial charge on any atom is -0.394 e. The molecule has 0 aromatic carbocycles. The summed E-state index contributed by atoms with van der Waals surface area (Å²) in [7, 11) is 0. The van der Waals surface area contributed by atoms with Crippen LogP contribution in [-0.4, -0.2) is 84.8 Å². The average molecular weight is 254 g/mol. The molecule has 0 amide bonds. The van der Waals surface area contributed by atoms with E-state index in [9.17, 15) is 20.1 Å². The van der Waals surface area contributed by atoms with Crippen LogP contribution in [0.5, 0.6) is 0 Å². The summed E-state index contributed by atoms with van der Waals surface area (Å²) in [4.78, 5) is 11.3. The maximum Gasteiger partial charge on any atom is 0.195 e. The molecule has 0 bridgehead atoms. The van der Waals surface area contributed by atoms with Crippen molar-refractivity contribution >= 4 is 5.78 Å². The molecule has 0 aromatic rings. The Bertz CT molecular complexity index is 243. The molecular weight excluding hydrogens is 236 g/mol. The van der Waals surface area contributed by atoms with Crippen molar-refractivity contribution < 1.29 is 40.5 Å². The quantitative estimate of drug-likeness (QED) is 0.240. The van der Waals surface area contributed by atoms with Gasteiger partial charge >= 0.3 is 0 Å². The van der Waals surface area contributed by atoms with Gasteiger partial charge < -0.3 is 35.7 Å². The van der Waals surface area contributed by atoms with Crippen molar-refractivity contribution in [3.05, 3.63) is 0 Å². The second kappa shape index (κ2) is 6.97. The molecule has 0 spiro atoms. The number of Topliss-reactive ketones (excluding diaryl/α,β-unsaturated/α-hetero) is 1. The fourth-order valence-electron chi connectivity index (χ4n) is 1.09. The second-order valence-electron chi connectivity index (χ2n) is 3.76. The highest BCUT2D eigenvalue weighted by molar-refractivity contribution is 5.88. The minimum absolute atomic E-state index is 0.888. The zero-order valence-corrected chi connectivity index (χ0v) is 9.21. The molecule has 0 saturated carbocycles. The third-order valence-electron chi connectivity index (χ3n) is 2.31. The van der Waals surface area contributed by atoms with E-state index in [2.05, 4.69) is 0 Å². The summed E-state index contributed by atoms with van der Waals surface area (Å²) in [5.41, 5.74) is 0. The molecule has 6 atom stereocenters. The highest BCUT2D eigenvalue weighted by Gasteiger charge is 2.37. The Morgan fingerprint density at radius 3 is 1.71 bits per heavy atom. The second-order valence-corrected chi connectivity index (χ2v) is 3.76. The van der Waals surface area contributed by atoms with Crippen LogP contribution in [0.3, 0.4) is 0 Å². The first kappa shape index (κ1) is 16.4. The van der Waals surface area contributed by atoms with Gasteiger partial charge in [0.2, 0.25) is 0 Å². The topological polar surface area (TPSA) is 159 Å². The van der Waals surface area contributed by atoms with Crippen LogP contribution in [0.1, 0.15) is 6.92 Å². The fraction of sp³-hybridized carbons (Fsp3) is 0.889. The smallest absolute Gasteiger partial charge is 0.195 e. The van der Waals surface area contributed by atoms with Crippen LogP contribution >= 0.6 is 0 Å². The molecule has 0 fully saturated rings. The van der Waals surface area contributed by atoms with Crippen molar-refractivity contribution in [3.8, 4) is 0 Å². The molecule has 7 N–H and O–H groups in total. The van der Waals surface area contributed by atoms with Crippen LogP contribution in [0.25, 0.3) is 0 Å². The monoisotopic (exact) mass is 254 g/mol. The number of rotatable bonds is 7. The van der Waals surface area contributed by atoms with Gasteiger partial charge in [0.15, 0.2) is 5.78 Å². The highest BCUT2D eigenvalue weighted by Crippen LogP contribution is 2.08. The van der Waals surface area contributed by atoms with Gasteiger partial charge in [-0.2, -0.15) is 0 Å². The Morgan fingerprint density at radius 2 is 1.35 bits per heavy atom. The van der Waals surface area contributed by atoms with Crippen LogP contribution in [0, 0.1) is 0 Å². The number of hydrogen-bond donors (Lipinski definition) is 7. The molecule has 0 saturated heterocycles. The van der Waals surface area contributed by atoms with E-state index in [0.29, 0.717) is 0 Å². The lowest BCUT2D eigenvalue weighted by molar-refractivity contribution is -0.157. The molecule has 0 radical (unpaired) electrons. The Morgan fingerprint density at radius 1 is 0.941 bits per heavy atom. The van der Waals surface area contributed by atoms with Gasteiger partial charge in [0.25, 0.3) is 0 Å². The van der Waals surface area contributed by atoms with Gasteiger partial charge in [-0.25, -0.2) is 0 Å². The Hall–Kier alpha value is -0.610. The molecule has 0 aliphatic carbocycles. The van der Waals surface area contributed by atoms with Gasteiger partial charge in [-0.05, 0) is 6.92 Å². The highest BCUT2D eigenvalue weighted by atomic mass is 16.4. The molecule has 0 aliphatic heterocycles. The molecule has 0 aliphatic rings. The molecule has 0 aromatic heterocycles. The van der Waals surface area contributed by atoms with E-state index in [1.807, 2.05) is 0 Å². The van der Waals surface area contributed by atoms with Gasteiger partial charge in [-0.1, -0.05) is 0 Å². The van der Waals surface area contributed by atoms with Gasteiger partial charge in [-0.3, -0.25) is 4.79 Å². The summed E-state index contributed by atoms with van der Waals surface area (Å²) < 4.78 is 0. The normalized spacial score (nSPS) is 22.4. The average Bonchev–Trinajstić information content (AvgIpc) is 2.32. The van der Waals surface area contributed by atoms with E-state index >= 15 is 0 Å². The number of carbonyl (C=O) groups excluding carboxylic acids is 1. The van der Waals surface area contributed by atoms with E-state index in [0.717, 1.165) is 6.92 Å². The third-order valence-corrected chi connectivity index (χ3v) is 2.31. The molecule has 102 valence electrons. The Kier molecular flexibility index (Phi) is 6.72. The largest absolute Gasteiger partial charge is 0.394 e. The van der Waals surface area contributed by atoms with Crippen LogP contribution in [-0.2, 0) is 4.79 Å². The summed E-state index contributed by atoms with van der Waals surface area (Å²) in [6.07, 6.45) is -11.3. The molecule has 17 heavy (non-hydrogen) atoms. The van der Waals surface area contributed by atoms with E-state index < -0.39 is 49.0 Å². The summed E-state index contributed by atoms with van der Waals surface area (Å²) in [5, 5.41) is 63.3. The SMILES string of the molecule is C[C@@H](O)[C@@H](O)[C@@H](O)C(=O)[C@H](O)[C@H](O)[C@@H](O)CO. The third kappa shape index (κ3) is 4.28. The summed E-state index contributed by atoms with van der Waals surface area (Å²) >= 11 is 0. The van der Waals surface area contributed by atoms with Crippen molar-refractivity contribution in [2.75, 3.05) is 6.61 Å².